The van der Waals surface area contributed by atoms with Gasteiger partial charge in [-0.15, -0.1) is 13.2 Å². The predicted octanol–water partition coefficient (Wildman–Crippen LogP) is 30.6. The molecule has 0 aliphatic heterocycles. The zero-order chi connectivity index (χ0) is 95.0. The van der Waals surface area contributed by atoms with Gasteiger partial charge < -0.3 is 36.1 Å². The number of unbranched alkanes of at least 4 members (excludes halogenated alkanes) is 5. The molecule has 0 spiro atoms. The van der Waals surface area contributed by atoms with Gasteiger partial charge in [0.25, 0.3) is 0 Å². The summed E-state index contributed by atoms with van der Waals surface area (Å²) in [5, 5.41) is 21.4. The first-order chi connectivity index (χ1) is 66.7. The van der Waals surface area contributed by atoms with Crippen LogP contribution in [-0.4, -0.2) is 46.2 Å². The van der Waals surface area contributed by atoms with Gasteiger partial charge in [-0.05, 0) is 274 Å². The van der Waals surface area contributed by atoms with Crippen molar-refractivity contribution in [2.45, 2.75) is 109 Å². The lowest BCUT2D eigenvalue weighted by molar-refractivity contribution is -0.274. The molecule has 1 heterocycles. The summed E-state index contributed by atoms with van der Waals surface area (Å²) in [5.41, 5.74) is 23.7. The van der Waals surface area contributed by atoms with Crippen LogP contribution in [0.2, 0.25) is 0 Å². The number of nitrogens with one attached hydrogen (secondary N) is 5. The normalized spacial score (nSPS) is 10.8. The molecule has 0 radical (unpaired) electrons. The first kappa shape index (κ1) is 103. The molecule has 0 aliphatic rings. The minimum Gasteiger partial charge on any atom is -0.497 e. The Kier molecular flexibility index (Phi) is 44.8. The molecule has 0 saturated carbocycles. The van der Waals surface area contributed by atoms with E-state index in [1.807, 2.05) is 109 Å². The van der Waals surface area contributed by atoms with Crippen LogP contribution in [-0.2, 0) is 38.9 Å². The first-order valence-electron chi connectivity index (χ1n) is 46.7. The average Bonchev–Trinajstić information content (AvgIpc) is 0.900. The van der Waals surface area contributed by atoms with Crippen molar-refractivity contribution in [2.75, 3.05) is 39.8 Å². The molecule has 1 aromatic heterocycles. The van der Waals surface area contributed by atoms with E-state index in [4.69, 9.17) is 4.74 Å². The number of alkyl halides is 6. The maximum absolute atomic E-state index is 12.9. The number of rotatable bonds is 42. The lowest BCUT2D eigenvalue weighted by Crippen LogP contribution is -2.17. The van der Waals surface area contributed by atoms with Gasteiger partial charge in [-0.25, -0.2) is 4.39 Å². The zero-order valence-electron chi connectivity index (χ0n) is 77.2. The fourth-order valence-electron chi connectivity index (χ4n) is 15.1. The second kappa shape index (κ2) is 59.2. The molecule has 0 bridgehead atoms. The quantitative estimate of drug-likeness (QED) is 0.0193. The number of benzene rings is 14. The lowest BCUT2D eigenvalue weighted by Gasteiger charge is -2.10. The Balaban J connectivity index is 0.000000164. The molecule has 14 aromatic carbocycles. The zero-order valence-corrected chi connectivity index (χ0v) is 78.1. The van der Waals surface area contributed by atoms with Crippen molar-refractivity contribution in [1.29, 1.82) is 0 Å². The molecule has 0 unspecified atom stereocenters. The van der Waals surface area contributed by atoms with Crippen LogP contribution in [0.25, 0.3) is 27.9 Å². The van der Waals surface area contributed by atoms with Crippen LogP contribution in [0, 0.1) is 5.82 Å². The lowest BCUT2D eigenvalue weighted by atomic mass is 9.96. The van der Waals surface area contributed by atoms with Crippen LogP contribution < -0.4 is 36.1 Å². The van der Waals surface area contributed by atoms with E-state index in [1.54, 1.807) is 30.6 Å². The van der Waals surface area contributed by atoms with Gasteiger partial charge >= 0.3 is 12.5 Å². The summed E-state index contributed by atoms with van der Waals surface area (Å²) in [6.07, 6.45) is 12.8. The highest BCUT2D eigenvalue weighted by atomic mass is 32.1. The van der Waals surface area contributed by atoms with Gasteiger partial charge in [0.05, 0.1) is 12.7 Å². The molecular formula is C121H122F7N5O2S. The third kappa shape index (κ3) is 38.4. The summed E-state index contributed by atoms with van der Waals surface area (Å²) in [6, 6.07) is 133. The molecule has 15 aromatic rings. The van der Waals surface area contributed by atoms with Crippen LogP contribution in [0.3, 0.4) is 0 Å². The maximum atomic E-state index is 12.9. The summed E-state index contributed by atoms with van der Waals surface area (Å²) in [4.78, 5) is 0. The topological polar surface area (TPSA) is 78.6 Å². The van der Waals surface area contributed by atoms with Gasteiger partial charge in [0.2, 0.25) is 0 Å². The largest absolute Gasteiger partial charge is 0.573 e. The number of allylic oxidation sites excluding steroid dienone is 5. The van der Waals surface area contributed by atoms with E-state index in [1.165, 1.54) is 131 Å². The molecule has 136 heavy (non-hydrogen) atoms. The molecular weight excluding hydrogens is 1720 g/mol. The number of halogens is 7. The van der Waals surface area contributed by atoms with Gasteiger partial charge in [-0.3, -0.25) is 0 Å². The highest BCUT2D eigenvalue weighted by Gasteiger charge is 2.31. The highest BCUT2D eigenvalue weighted by molar-refractivity contribution is 7.08. The van der Waals surface area contributed by atoms with E-state index >= 15 is 0 Å². The summed E-state index contributed by atoms with van der Waals surface area (Å²) in [7, 11) is 1.69. The standard InChI is InChI=1S/C25H24F3NO.C25H24F3N.C25H27NO.C24H24FN.C22H23NS/c26-25(27,28)30-23-16-14-20(15-17-23)19-29-18-8-7-13-24(21-9-3-1-4-10-21)22-11-5-2-6-12-22;26-25(27,28)23-16-14-20(15-17-23)19-29-18-8-7-13-24(21-9-3-1-4-10-21)22-11-5-2-6-12-22;1-27-24-17-15-21(16-18-24)20-26-19-9-8-14-25(22-10-4-2-5-11-22)23-12-6-3-7-13-23;25-23-16-14-20(15-17-23)19-26-18-8-7-13-24(21-9-3-1-4-10-21)22-11-5-2-6-12-22;1-3-9-20(10-4-1)22(21-11-5-2-6-12-21)13-7-8-15-23-17-19-14-16-24-18-19/h1-6,9-17,29H,7-8,18-19H2;1-6,9-17,29H,7-8,18-19H2;2-7,10-18,26H,8-9,19-20H2,1H3;1-6,9-17,26H,7-8,18-19H2;1-6,9-14,16,18,23H,7-8,15,17H2. The Morgan fingerprint density at radius 3 is 0.676 bits per heavy atom. The van der Waals surface area contributed by atoms with E-state index in [0.717, 1.165) is 151 Å². The third-order valence-corrected chi connectivity index (χ3v) is 22.8. The fourth-order valence-corrected chi connectivity index (χ4v) is 15.7. The Labute approximate surface area is 804 Å². The number of thiophene rings is 1. The summed E-state index contributed by atoms with van der Waals surface area (Å²) >= 11 is 1.76. The number of methoxy groups -OCH3 is 1. The molecule has 0 amide bonds. The van der Waals surface area contributed by atoms with Gasteiger partial charge in [-0.2, -0.15) is 24.5 Å². The van der Waals surface area contributed by atoms with Crippen molar-refractivity contribution in [3.05, 3.63) is 542 Å². The summed E-state index contributed by atoms with van der Waals surface area (Å²) in [6.45, 7) is 8.38. The third-order valence-electron chi connectivity index (χ3n) is 22.1. The second-order valence-electron chi connectivity index (χ2n) is 32.3. The average molecular weight is 1840 g/mol. The minimum atomic E-state index is -4.66. The Hall–Kier alpha value is -13.6. The van der Waals surface area contributed by atoms with Crippen LogP contribution in [0.5, 0.6) is 11.5 Å². The number of ether oxygens (including phenoxy) is 2. The Morgan fingerprint density at radius 1 is 0.257 bits per heavy atom. The van der Waals surface area contributed by atoms with Crippen LogP contribution >= 0.6 is 11.3 Å². The van der Waals surface area contributed by atoms with Crippen molar-refractivity contribution < 1.29 is 40.2 Å². The summed E-state index contributed by atoms with van der Waals surface area (Å²) < 4.78 is 96.4. The Morgan fingerprint density at radius 2 is 0.471 bits per heavy atom. The second-order valence-corrected chi connectivity index (χ2v) is 33.1. The van der Waals surface area contributed by atoms with Crippen LogP contribution in [0.1, 0.15) is 153 Å². The van der Waals surface area contributed by atoms with Crippen molar-refractivity contribution in [1.82, 2.24) is 26.6 Å². The van der Waals surface area contributed by atoms with Crippen molar-refractivity contribution in [3.63, 3.8) is 0 Å². The van der Waals surface area contributed by atoms with Crippen molar-refractivity contribution in [2.24, 2.45) is 0 Å². The van der Waals surface area contributed by atoms with E-state index in [9.17, 15) is 30.7 Å². The minimum absolute atomic E-state index is 0.187. The molecule has 0 fully saturated rings. The van der Waals surface area contributed by atoms with Crippen LogP contribution in [0.15, 0.2) is 448 Å². The van der Waals surface area contributed by atoms with Gasteiger partial charge in [0.15, 0.2) is 0 Å². The van der Waals surface area contributed by atoms with E-state index in [0.29, 0.717) is 13.1 Å². The summed E-state index contributed by atoms with van der Waals surface area (Å²) in [5.74, 6) is 0.511. The first-order valence-corrected chi connectivity index (χ1v) is 47.6. The highest BCUT2D eigenvalue weighted by Crippen LogP contribution is 2.33. The Bertz CT molecular complexity index is 5700. The molecule has 0 aliphatic carbocycles. The fraction of sp³-hybridized carbons (Fsp3) is 0.190. The molecule has 0 saturated heterocycles. The van der Waals surface area contributed by atoms with E-state index < -0.39 is 18.1 Å². The van der Waals surface area contributed by atoms with E-state index in [-0.39, 0.29) is 11.6 Å². The predicted molar refractivity (Wildman–Crippen MR) is 553 cm³/mol. The number of hydrogen-bond acceptors (Lipinski definition) is 8. The molecule has 15 heteroatoms. The van der Waals surface area contributed by atoms with Gasteiger partial charge in [0.1, 0.15) is 17.3 Å². The molecule has 7 nitrogen and oxygen atoms in total. The van der Waals surface area contributed by atoms with E-state index in [2.05, 4.69) is 309 Å². The van der Waals surface area contributed by atoms with Gasteiger partial charge in [-0.1, -0.05) is 382 Å². The SMILES string of the molecule is C(CCCNCc1ccsc1)=C(c1ccccc1)c1ccccc1.COc1ccc(CNCCCC=C(c2ccccc2)c2ccccc2)cc1.FC(F)(F)Oc1ccc(CNCCCC=C(c2ccccc2)c2ccccc2)cc1.FC(F)(F)c1ccc(CNCCCC=C(c2ccccc2)c2ccccc2)cc1.Fc1ccc(CNCCCC=C(c2ccccc2)c2ccccc2)cc1. The monoisotopic (exact) mass is 1840 g/mol. The van der Waals surface area contributed by atoms with Crippen LogP contribution in [0.4, 0.5) is 30.7 Å². The maximum Gasteiger partial charge on any atom is 0.573 e. The van der Waals surface area contributed by atoms with Crippen molar-refractivity contribution >= 4 is 39.2 Å². The van der Waals surface area contributed by atoms with Crippen molar-refractivity contribution in [3.8, 4) is 11.5 Å². The molecule has 15 rings (SSSR count). The molecule has 0 atom stereocenters. The smallest absolute Gasteiger partial charge is 0.497 e. The molecule has 698 valence electrons. The van der Waals surface area contributed by atoms with Gasteiger partial charge in [0, 0.05) is 32.7 Å². The molecule has 5 N–H and O–H groups in total. The number of hydrogen-bond donors (Lipinski definition) is 5.